The topological polar surface area (TPSA) is 0 Å². The predicted octanol–water partition coefficient (Wildman–Crippen LogP) is 4.03. The molecule has 0 saturated carbocycles. The molecule has 0 aromatic heterocycles. The Morgan fingerprint density at radius 1 is 1.00 bits per heavy atom. The summed E-state index contributed by atoms with van der Waals surface area (Å²) >= 11 is 1.36. The molecule has 0 fully saturated rings. The van der Waals surface area contributed by atoms with Crippen molar-refractivity contribution in [3.8, 4) is 0 Å². The van der Waals surface area contributed by atoms with Crippen LogP contribution in [0.2, 0.25) is 0 Å². The maximum absolute atomic E-state index is 12.5. The summed E-state index contributed by atoms with van der Waals surface area (Å²) in [7, 11) is 0. The summed E-state index contributed by atoms with van der Waals surface area (Å²) in [6.07, 6.45) is -7.73. The minimum Gasteiger partial charge on any atom is -0.199 e. The molecule has 0 aromatic carbocycles. The van der Waals surface area contributed by atoms with Gasteiger partial charge in [0.15, 0.2) is 0 Å². The lowest BCUT2D eigenvalue weighted by Crippen LogP contribution is -2.52. The molecule has 86 valence electrons. The first-order valence-electron chi connectivity index (χ1n) is 3.38. The molecule has 0 N–H and O–H groups in total. The van der Waals surface area contributed by atoms with Gasteiger partial charge in [-0.25, -0.2) is 0 Å². The number of rotatable bonds is 3. The lowest BCUT2D eigenvalue weighted by atomic mass is 10.1. The average Bonchev–Trinajstić information content (AvgIpc) is 1.80. The molecule has 14 heavy (non-hydrogen) atoms. The zero-order chi connectivity index (χ0) is 11.8. The predicted molar refractivity (Wildman–Crippen MR) is 44.0 cm³/mol. The van der Waals surface area contributed by atoms with E-state index in [1.54, 1.807) is 0 Å². The van der Waals surface area contributed by atoms with E-state index in [0.29, 0.717) is 0 Å². The highest BCUT2D eigenvalue weighted by molar-refractivity contribution is 14.1. The van der Waals surface area contributed by atoms with Crippen LogP contribution in [0.5, 0.6) is 0 Å². The van der Waals surface area contributed by atoms with Gasteiger partial charge in [-0.15, -0.1) is 0 Å². The Balaban J connectivity index is 4.88. The Kier molecular flexibility index (Phi) is 4.08. The molecule has 0 amide bonds. The molecule has 0 radical (unpaired) electrons. The first-order valence-corrected chi connectivity index (χ1v) is 4.63. The summed E-state index contributed by atoms with van der Waals surface area (Å²) in [5.41, 5.74) is 0. The molecule has 0 aliphatic carbocycles. The summed E-state index contributed by atoms with van der Waals surface area (Å²) in [6.45, 7) is 1.13. The minimum atomic E-state index is -6.22. The van der Waals surface area contributed by atoms with Crippen molar-refractivity contribution in [2.45, 2.75) is 35.3 Å². The third-order valence-corrected chi connectivity index (χ3v) is 1.79. The van der Waals surface area contributed by atoms with E-state index in [-0.39, 0.29) is 0 Å². The minimum absolute atomic E-state index is 0.976. The smallest absolute Gasteiger partial charge is 0.199 e. The summed E-state index contributed by atoms with van der Waals surface area (Å²) in [5.74, 6) is -11.0. The third-order valence-electron chi connectivity index (χ3n) is 1.35. The van der Waals surface area contributed by atoms with Gasteiger partial charge in [-0.3, -0.25) is 0 Å². The molecule has 0 spiro atoms. The molecule has 0 aliphatic heterocycles. The molecule has 0 rings (SSSR count). The molecule has 1 atom stereocenters. The van der Waals surface area contributed by atoms with E-state index in [9.17, 15) is 30.7 Å². The fourth-order valence-corrected chi connectivity index (χ4v) is 1.24. The fraction of sp³-hybridized carbons (Fsp3) is 1.00. The van der Waals surface area contributed by atoms with Crippen LogP contribution in [0.15, 0.2) is 0 Å². The van der Waals surface area contributed by atoms with E-state index >= 15 is 0 Å². The molecule has 0 aromatic rings. The van der Waals surface area contributed by atoms with Gasteiger partial charge in [-0.2, -0.15) is 30.7 Å². The lowest BCUT2D eigenvalue weighted by Gasteiger charge is -2.28. The second-order valence-corrected chi connectivity index (χ2v) is 4.89. The van der Waals surface area contributed by atoms with Gasteiger partial charge >= 0.3 is 18.0 Å². The molecule has 0 bridgehead atoms. The highest BCUT2D eigenvalue weighted by Crippen LogP contribution is 2.48. The summed E-state index contributed by atoms with van der Waals surface area (Å²) < 4.78 is 83.0. The largest absolute Gasteiger partial charge is 0.459 e. The molecular formula is C6H6F7I. The molecular weight excluding hydrogens is 332 g/mol. The maximum atomic E-state index is 12.5. The average molecular weight is 338 g/mol. The first kappa shape index (κ1) is 14.2. The van der Waals surface area contributed by atoms with Crippen molar-refractivity contribution in [3.05, 3.63) is 0 Å². The zero-order valence-corrected chi connectivity index (χ0v) is 8.97. The van der Waals surface area contributed by atoms with Crippen LogP contribution < -0.4 is 0 Å². The van der Waals surface area contributed by atoms with Crippen LogP contribution in [0.3, 0.4) is 0 Å². The fourth-order valence-electron chi connectivity index (χ4n) is 0.689. The summed E-state index contributed by atoms with van der Waals surface area (Å²) in [5, 5.41) is 0. The molecule has 0 aliphatic rings. The molecule has 0 unspecified atom stereocenters. The molecule has 0 heterocycles. The first-order chi connectivity index (χ1) is 5.92. The Bertz CT molecular complexity index is 195. The van der Waals surface area contributed by atoms with Crippen LogP contribution in [-0.4, -0.2) is 21.9 Å². The van der Waals surface area contributed by atoms with Crippen molar-refractivity contribution in [2.24, 2.45) is 0 Å². The second kappa shape index (κ2) is 4.01. The third kappa shape index (κ3) is 2.86. The Morgan fingerprint density at radius 3 is 1.57 bits per heavy atom. The van der Waals surface area contributed by atoms with E-state index in [1.807, 2.05) is 0 Å². The van der Waals surface area contributed by atoms with Crippen LogP contribution in [0, 0.1) is 0 Å². The molecule has 0 saturated heterocycles. The number of alkyl halides is 8. The van der Waals surface area contributed by atoms with Crippen molar-refractivity contribution < 1.29 is 30.7 Å². The van der Waals surface area contributed by atoms with E-state index in [0.717, 1.165) is 6.92 Å². The number of halogens is 8. The quantitative estimate of drug-likeness (QED) is 0.414. The highest BCUT2D eigenvalue weighted by atomic mass is 127. The van der Waals surface area contributed by atoms with E-state index in [1.165, 1.54) is 22.6 Å². The van der Waals surface area contributed by atoms with E-state index in [4.69, 9.17) is 0 Å². The zero-order valence-electron chi connectivity index (χ0n) is 6.81. The highest BCUT2D eigenvalue weighted by Gasteiger charge is 2.72. The van der Waals surface area contributed by atoms with Crippen LogP contribution in [0.4, 0.5) is 30.7 Å². The van der Waals surface area contributed by atoms with Crippen molar-refractivity contribution >= 4 is 22.6 Å². The lowest BCUT2D eigenvalue weighted by molar-refractivity contribution is -0.355. The van der Waals surface area contributed by atoms with Gasteiger partial charge in [0.1, 0.15) is 0 Å². The van der Waals surface area contributed by atoms with Crippen LogP contribution in [0.25, 0.3) is 0 Å². The molecule has 0 nitrogen and oxygen atoms in total. The van der Waals surface area contributed by atoms with Crippen LogP contribution in [0.1, 0.15) is 13.3 Å². The number of hydrogen-bond donors (Lipinski definition) is 0. The SMILES string of the molecule is C[C@@H](I)CC(F)(F)C(F)(F)C(F)(F)F. The Hall–Kier alpha value is 0.240. The Morgan fingerprint density at radius 2 is 1.36 bits per heavy atom. The van der Waals surface area contributed by atoms with Gasteiger partial charge in [0.05, 0.1) is 0 Å². The normalized spacial score (nSPS) is 16.9. The summed E-state index contributed by atoms with van der Waals surface area (Å²) in [4.78, 5) is 0. The standard InChI is InChI=1S/C6H6F7I/c1-3(14)2-4(7,8)5(9,10)6(11,12)13/h3H,2H2,1H3/t3-/m1/s1. The van der Waals surface area contributed by atoms with Gasteiger partial charge in [-0.05, 0) is 0 Å². The van der Waals surface area contributed by atoms with Crippen LogP contribution >= 0.6 is 22.6 Å². The van der Waals surface area contributed by atoms with Crippen molar-refractivity contribution in [3.63, 3.8) is 0 Å². The maximum Gasteiger partial charge on any atom is 0.459 e. The molecule has 8 heteroatoms. The van der Waals surface area contributed by atoms with E-state index in [2.05, 4.69) is 0 Å². The monoisotopic (exact) mass is 338 g/mol. The van der Waals surface area contributed by atoms with Gasteiger partial charge in [0, 0.05) is 10.3 Å². The van der Waals surface area contributed by atoms with Crippen molar-refractivity contribution in [1.29, 1.82) is 0 Å². The second-order valence-electron chi connectivity index (χ2n) is 2.76. The van der Waals surface area contributed by atoms with Crippen molar-refractivity contribution in [1.82, 2.24) is 0 Å². The van der Waals surface area contributed by atoms with Gasteiger partial charge in [0.2, 0.25) is 0 Å². The van der Waals surface area contributed by atoms with Crippen LogP contribution in [-0.2, 0) is 0 Å². The van der Waals surface area contributed by atoms with Crippen molar-refractivity contribution in [2.75, 3.05) is 0 Å². The Labute approximate surface area is 89.0 Å². The summed E-state index contributed by atoms with van der Waals surface area (Å²) in [6, 6.07) is 0. The number of hydrogen-bond acceptors (Lipinski definition) is 0. The van der Waals surface area contributed by atoms with Gasteiger partial charge < -0.3 is 0 Å². The van der Waals surface area contributed by atoms with Gasteiger partial charge in [-0.1, -0.05) is 29.5 Å². The van der Waals surface area contributed by atoms with Gasteiger partial charge in [0.25, 0.3) is 0 Å². The van der Waals surface area contributed by atoms with E-state index < -0.39 is 28.4 Å².